The van der Waals surface area contributed by atoms with Gasteiger partial charge in [0, 0.05) is 26.6 Å². The first-order valence-electron chi connectivity index (χ1n) is 4.87. The van der Waals surface area contributed by atoms with Crippen LogP contribution in [0.4, 0.5) is 0 Å². The van der Waals surface area contributed by atoms with Crippen molar-refractivity contribution in [3.05, 3.63) is 0 Å². The van der Waals surface area contributed by atoms with Crippen LogP contribution in [0.5, 0.6) is 0 Å². The van der Waals surface area contributed by atoms with Gasteiger partial charge in [-0.2, -0.15) is 0 Å². The lowest BCUT2D eigenvalue weighted by molar-refractivity contribution is -0.108. The van der Waals surface area contributed by atoms with E-state index in [0.717, 1.165) is 26.1 Å². The van der Waals surface area contributed by atoms with Gasteiger partial charge in [0.1, 0.15) is 0 Å². The molecular weight excluding hydrogens is 166 g/mol. The first-order valence-corrected chi connectivity index (χ1v) is 4.87. The van der Waals surface area contributed by atoms with Gasteiger partial charge in [-0.1, -0.05) is 0 Å². The Balaban J connectivity index is 2.49. The normalized spacial score (nSPS) is 30.5. The lowest BCUT2D eigenvalue weighted by Crippen LogP contribution is -2.51. The van der Waals surface area contributed by atoms with E-state index in [4.69, 9.17) is 9.47 Å². The highest BCUT2D eigenvalue weighted by atomic mass is 16.5. The summed E-state index contributed by atoms with van der Waals surface area (Å²) in [6, 6.07) is 0. The Labute approximate surface area is 80.8 Å². The molecule has 0 bridgehead atoms. The smallest absolute Gasteiger partial charge is 0.0806 e. The number of morpholine rings is 1. The van der Waals surface area contributed by atoms with E-state index >= 15 is 0 Å². The van der Waals surface area contributed by atoms with E-state index in [0.29, 0.717) is 0 Å². The minimum Gasteiger partial charge on any atom is -0.379 e. The van der Waals surface area contributed by atoms with Gasteiger partial charge >= 0.3 is 0 Å². The van der Waals surface area contributed by atoms with Gasteiger partial charge in [0.2, 0.25) is 0 Å². The summed E-state index contributed by atoms with van der Waals surface area (Å²) in [5.41, 5.74) is -0.175. The average Bonchev–Trinajstić information content (AvgIpc) is 2.04. The van der Waals surface area contributed by atoms with Crippen molar-refractivity contribution >= 4 is 0 Å². The van der Waals surface area contributed by atoms with Crippen molar-refractivity contribution in [3.63, 3.8) is 0 Å². The Morgan fingerprint density at radius 3 is 2.69 bits per heavy atom. The first kappa shape index (κ1) is 11.0. The zero-order valence-corrected chi connectivity index (χ0v) is 9.14. The van der Waals surface area contributed by atoms with E-state index in [-0.39, 0.29) is 11.2 Å². The molecule has 1 rings (SSSR count). The summed E-state index contributed by atoms with van der Waals surface area (Å²) in [4.78, 5) is 0. The number of ether oxygens (including phenoxy) is 2. The maximum absolute atomic E-state index is 5.76. The van der Waals surface area contributed by atoms with Crippen LogP contribution in [0.15, 0.2) is 0 Å². The van der Waals surface area contributed by atoms with Crippen molar-refractivity contribution < 1.29 is 9.47 Å². The zero-order valence-electron chi connectivity index (χ0n) is 9.14. The summed E-state index contributed by atoms with van der Waals surface area (Å²) in [5.74, 6) is 0. The molecule has 0 aromatic carbocycles. The van der Waals surface area contributed by atoms with Crippen molar-refractivity contribution in [2.24, 2.45) is 0 Å². The van der Waals surface area contributed by atoms with E-state index < -0.39 is 0 Å². The highest BCUT2D eigenvalue weighted by molar-refractivity contribution is 4.88. The second kappa shape index (κ2) is 3.95. The molecule has 1 aliphatic heterocycles. The summed E-state index contributed by atoms with van der Waals surface area (Å²) in [6.45, 7) is 9.01. The summed E-state index contributed by atoms with van der Waals surface area (Å²) in [6.07, 6.45) is 0.920. The average molecular weight is 187 g/mol. The Bertz CT molecular complexity index is 162. The van der Waals surface area contributed by atoms with Gasteiger partial charge in [0.15, 0.2) is 0 Å². The molecule has 0 aromatic rings. The number of methoxy groups -OCH3 is 1. The Morgan fingerprint density at radius 1 is 1.54 bits per heavy atom. The monoisotopic (exact) mass is 187 g/mol. The molecule has 0 saturated carbocycles. The first-order chi connectivity index (χ1) is 5.97. The van der Waals surface area contributed by atoms with Crippen molar-refractivity contribution in [2.45, 2.75) is 38.4 Å². The van der Waals surface area contributed by atoms with Crippen LogP contribution in [-0.4, -0.2) is 38.0 Å². The Hall–Kier alpha value is -0.120. The van der Waals surface area contributed by atoms with Crippen molar-refractivity contribution in [1.82, 2.24) is 5.32 Å². The summed E-state index contributed by atoms with van der Waals surface area (Å²) in [5, 5.41) is 3.34. The zero-order chi connectivity index (χ0) is 9.95. The largest absolute Gasteiger partial charge is 0.379 e. The molecule has 1 saturated heterocycles. The Morgan fingerprint density at radius 2 is 2.23 bits per heavy atom. The van der Waals surface area contributed by atoms with Crippen LogP contribution in [0.1, 0.15) is 27.2 Å². The molecule has 0 radical (unpaired) electrons. The third-order valence-electron chi connectivity index (χ3n) is 2.58. The Kier molecular flexibility index (Phi) is 3.33. The van der Waals surface area contributed by atoms with Crippen LogP contribution in [-0.2, 0) is 9.47 Å². The van der Waals surface area contributed by atoms with Crippen LogP contribution in [0, 0.1) is 0 Å². The molecule has 0 aromatic heterocycles. The molecule has 1 heterocycles. The van der Waals surface area contributed by atoms with Gasteiger partial charge in [0.25, 0.3) is 0 Å². The molecule has 13 heavy (non-hydrogen) atoms. The standard InChI is InChI=1S/C10H21NO2/c1-9(2,12-4)7-10(3)8-11-5-6-13-10/h11H,5-8H2,1-4H3. The van der Waals surface area contributed by atoms with Gasteiger partial charge in [-0.3, -0.25) is 0 Å². The van der Waals surface area contributed by atoms with Crippen molar-refractivity contribution in [2.75, 3.05) is 26.8 Å². The molecule has 3 heteroatoms. The number of nitrogens with one attached hydrogen (secondary N) is 1. The van der Waals surface area contributed by atoms with Crippen LogP contribution >= 0.6 is 0 Å². The maximum Gasteiger partial charge on any atom is 0.0806 e. The lowest BCUT2D eigenvalue weighted by Gasteiger charge is -2.39. The molecule has 78 valence electrons. The summed E-state index contributed by atoms with van der Waals surface area (Å²) in [7, 11) is 1.75. The highest BCUT2D eigenvalue weighted by Gasteiger charge is 2.34. The van der Waals surface area contributed by atoms with Crippen LogP contribution < -0.4 is 5.32 Å². The molecule has 0 spiro atoms. The van der Waals surface area contributed by atoms with Gasteiger partial charge in [-0.25, -0.2) is 0 Å². The predicted molar refractivity (Wildman–Crippen MR) is 52.9 cm³/mol. The van der Waals surface area contributed by atoms with Gasteiger partial charge in [0.05, 0.1) is 17.8 Å². The molecule has 0 aliphatic carbocycles. The van der Waals surface area contributed by atoms with E-state index in [9.17, 15) is 0 Å². The van der Waals surface area contributed by atoms with Gasteiger partial charge in [-0.05, 0) is 20.8 Å². The fourth-order valence-corrected chi connectivity index (χ4v) is 1.86. The van der Waals surface area contributed by atoms with Gasteiger partial charge < -0.3 is 14.8 Å². The molecule has 3 nitrogen and oxygen atoms in total. The minimum absolute atomic E-state index is 0.0717. The molecule has 1 atom stereocenters. The maximum atomic E-state index is 5.76. The number of rotatable bonds is 3. The molecule has 0 amide bonds. The molecule has 1 fully saturated rings. The van der Waals surface area contributed by atoms with E-state index in [1.54, 1.807) is 7.11 Å². The van der Waals surface area contributed by atoms with Crippen LogP contribution in [0.25, 0.3) is 0 Å². The lowest BCUT2D eigenvalue weighted by atomic mass is 9.90. The summed E-state index contributed by atoms with van der Waals surface area (Å²) >= 11 is 0. The number of hydrogen-bond acceptors (Lipinski definition) is 3. The number of hydrogen-bond donors (Lipinski definition) is 1. The molecule has 1 unspecified atom stereocenters. The van der Waals surface area contributed by atoms with Gasteiger partial charge in [-0.15, -0.1) is 0 Å². The fraction of sp³-hybridized carbons (Fsp3) is 1.00. The summed E-state index contributed by atoms with van der Waals surface area (Å²) < 4.78 is 11.2. The second-order valence-corrected chi connectivity index (χ2v) is 4.62. The SMILES string of the molecule is COC(C)(C)CC1(C)CNCCO1. The minimum atomic E-state index is -0.103. The predicted octanol–water partition coefficient (Wildman–Crippen LogP) is 1.18. The van der Waals surface area contributed by atoms with Crippen molar-refractivity contribution in [1.29, 1.82) is 0 Å². The molecular formula is C10H21NO2. The fourth-order valence-electron chi connectivity index (χ4n) is 1.86. The van der Waals surface area contributed by atoms with E-state index in [2.05, 4.69) is 26.1 Å². The van der Waals surface area contributed by atoms with Crippen LogP contribution in [0.3, 0.4) is 0 Å². The topological polar surface area (TPSA) is 30.5 Å². The van der Waals surface area contributed by atoms with Crippen LogP contribution in [0.2, 0.25) is 0 Å². The van der Waals surface area contributed by atoms with E-state index in [1.165, 1.54) is 0 Å². The molecule has 1 N–H and O–H groups in total. The molecule has 1 aliphatic rings. The van der Waals surface area contributed by atoms with Crippen molar-refractivity contribution in [3.8, 4) is 0 Å². The third-order valence-corrected chi connectivity index (χ3v) is 2.58. The third kappa shape index (κ3) is 3.25. The highest BCUT2D eigenvalue weighted by Crippen LogP contribution is 2.26. The quantitative estimate of drug-likeness (QED) is 0.719. The second-order valence-electron chi connectivity index (χ2n) is 4.62. The van der Waals surface area contributed by atoms with E-state index in [1.807, 2.05) is 0 Å².